The van der Waals surface area contributed by atoms with Gasteiger partial charge in [0.2, 0.25) is 0 Å². The molecule has 1 saturated heterocycles. The number of nitrogens with one attached hydrogen (secondary N) is 1. The van der Waals surface area contributed by atoms with E-state index in [2.05, 4.69) is 17.1 Å². The van der Waals surface area contributed by atoms with Crippen molar-refractivity contribution in [3.05, 3.63) is 0 Å². The summed E-state index contributed by atoms with van der Waals surface area (Å²) in [4.78, 5) is 2.69. The van der Waals surface area contributed by atoms with Crippen molar-refractivity contribution < 1.29 is 0 Å². The first-order chi connectivity index (χ1) is 7.90. The third-order valence-electron chi connectivity index (χ3n) is 4.06. The van der Waals surface area contributed by atoms with Crippen molar-refractivity contribution >= 4 is 0 Å². The molecule has 2 heteroatoms. The van der Waals surface area contributed by atoms with Crippen LogP contribution < -0.4 is 5.32 Å². The molecule has 0 aromatic rings. The highest BCUT2D eigenvalue weighted by Crippen LogP contribution is 2.33. The summed E-state index contributed by atoms with van der Waals surface area (Å²) in [5.41, 5.74) is 0. The fourth-order valence-corrected chi connectivity index (χ4v) is 2.80. The zero-order chi connectivity index (χ0) is 11.2. The van der Waals surface area contributed by atoms with E-state index in [4.69, 9.17) is 0 Å². The lowest BCUT2D eigenvalue weighted by Crippen LogP contribution is -2.51. The molecule has 1 atom stereocenters. The van der Waals surface area contributed by atoms with Crippen LogP contribution in [-0.4, -0.2) is 37.1 Å². The second kappa shape index (κ2) is 6.61. The van der Waals surface area contributed by atoms with Gasteiger partial charge in [0.05, 0.1) is 0 Å². The summed E-state index contributed by atoms with van der Waals surface area (Å²) in [6.45, 7) is 7.44. The van der Waals surface area contributed by atoms with Crippen LogP contribution in [-0.2, 0) is 0 Å². The van der Waals surface area contributed by atoms with Gasteiger partial charge < -0.3 is 10.2 Å². The molecule has 94 valence electrons. The average molecular weight is 224 g/mol. The Kier molecular flexibility index (Phi) is 5.11. The Morgan fingerprint density at radius 2 is 1.94 bits per heavy atom. The lowest BCUT2D eigenvalue weighted by molar-refractivity contribution is 0.185. The first-order valence-corrected chi connectivity index (χ1v) is 7.36. The van der Waals surface area contributed by atoms with Crippen LogP contribution in [0.5, 0.6) is 0 Å². The smallest absolute Gasteiger partial charge is 0.0223 e. The Bertz CT molecular complexity index is 189. The number of piperazine rings is 1. The minimum Gasteiger partial charge on any atom is -0.311 e. The zero-order valence-corrected chi connectivity index (χ0v) is 10.9. The van der Waals surface area contributed by atoms with E-state index in [1.54, 1.807) is 0 Å². The van der Waals surface area contributed by atoms with Crippen molar-refractivity contribution in [2.75, 3.05) is 26.2 Å². The first-order valence-electron chi connectivity index (χ1n) is 7.36. The number of hydrogen-bond acceptors (Lipinski definition) is 2. The Labute approximate surface area is 101 Å². The molecule has 0 aromatic carbocycles. The number of rotatable bonds is 7. The van der Waals surface area contributed by atoms with Crippen molar-refractivity contribution in [3.63, 3.8) is 0 Å². The van der Waals surface area contributed by atoms with Gasteiger partial charge >= 0.3 is 0 Å². The summed E-state index contributed by atoms with van der Waals surface area (Å²) in [7, 11) is 0. The van der Waals surface area contributed by atoms with Crippen LogP contribution >= 0.6 is 0 Å². The molecule has 0 radical (unpaired) electrons. The lowest BCUT2D eigenvalue weighted by atomic mass is 10.1. The normalized spacial score (nSPS) is 27.2. The molecule has 0 bridgehead atoms. The maximum Gasteiger partial charge on any atom is 0.0223 e. The Morgan fingerprint density at radius 3 is 2.69 bits per heavy atom. The van der Waals surface area contributed by atoms with Gasteiger partial charge in [-0.25, -0.2) is 0 Å². The fourth-order valence-electron chi connectivity index (χ4n) is 2.80. The van der Waals surface area contributed by atoms with E-state index >= 15 is 0 Å². The average Bonchev–Trinajstić information content (AvgIpc) is 3.13. The molecule has 1 unspecified atom stereocenters. The predicted molar refractivity (Wildman–Crippen MR) is 69.7 cm³/mol. The largest absolute Gasteiger partial charge is 0.311 e. The van der Waals surface area contributed by atoms with Gasteiger partial charge in [-0.15, -0.1) is 0 Å². The SMILES string of the molecule is CCCCCCCN1CCNC(C2CC2)C1. The molecule has 2 rings (SSSR count). The minimum atomic E-state index is 0.824. The van der Waals surface area contributed by atoms with Crippen LogP contribution in [0.4, 0.5) is 0 Å². The lowest BCUT2D eigenvalue weighted by Gasteiger charge is -2.33. The monoisotopic (exact) mass is 224 g/mol. The van der Waals surface area contributed by atoms with E-state index in [1.165, 1.54) is 71.1 Å². The van der Waals surface area contributed by atoms with Gasteiger partial charge in [-0.1, -0.05) is 32.6 Å². The molecule has 0 spiro atoms. The van der Waals surface area contributed by atoms with Crippen LogP contribution in [0.15, 0.2) is 0 Å². The molecular formula is C14H28N2. The molecule has 2 fully saturated rings. The summed E-state index contributed by atoms with van der Waals surface area (Å²) < 4.78 is 0. The summed E-state index contributed by atoms with van der Waals surface area (Å²) >= 11 is 0. The van der Waals surface area contributed by atoms with Gasteiger partial charge in [0.1, 0.15) is 0 Å². The van der Waals surface area contributed by atoms with E-state index in [9.17, 15) is 0 Å². The minimum absolute atomic E-state index is 0.824. The Morgan fingerprint density at radius 1 is 1.12 bits per heavy atom. The first kappa shape index (κ1) is 12.4. The fraction of sp³-hybridized carbons (Fsp3) is 1.00. The molecule has 2 nitrogen and oxygen atoms in total. The molecule has 1 N–H and O–H groups in total. The molecule has 1 saturated carbocycles. The third-order valence-corrected chi connectivity index (χ3v) is 4.06. The van der Waals surface area contributed by atoms with Crippen molar-refractivity contribution in [2.45, 2.75) is 57.9 Å². The van der Waals surface area contributed by atoms with Gasteiger partial charge in [-0.05, 0) is 31.7 Å². The van der Waals surface area contributed by atoms with Crippen LogP contribution in [0, 0.1) is 5.92 Å². The number of unbranched alkanes of at least 4 members (excludes halogenated alkanes) is 4. The summed E-state index contributed by atoms with van der Waals surface area (Å²) in [6.07, 6.45) is 10.0. The number of hydrogen-bond donors (Lipinski definition) is 1. The molecule has 2 aliphatic rings. The maximum absolute atomic E-state index is 3.68. The number of nitrogens with zero attached hydrogens (tertiary/aromatic N) is 1. The van der Waals surface area contributed by atoms with Crippen molar-refractivity contribution in [1.29, 1.82) is 0 Å². The third kappa shape index (κ3) is 4.06. The van der Waals surface area contributed by atoms with Gasteiger partial charge in [-0.2, -0.15) is 0 Å². The second-order valence-electron chi connectivity index (χ2n) is 5.61. The summed E-state index contributed by atoms with van der Waals surface area (Å²) in [6, 6.07) is 0.824. The zero-order valence-electron chi connectivity index (χ0n) is 10.9. The highest BCUT2D eigenvalue weighted by molar-refractivity contribution is 4.91. The molecular weight excluding hydrogens is 196 g/mol. The molecule has 0 amide bonds. The highest BCUT2D eigenvalue weighted by Gasteiger charge is 2.33. The van der Waals surface area contributed by atoms with Crippen molar-refractivity contribution in [1.82, 2.24) is 10.2 Å². The van der Waals surface area contributed by atoms with Crippen LogP contribution in [0.25, 0.3) is 0 Å². The Hall–Kier alpha value is -0.0800. The molecule has 1 heterocycles. The van der Waals surface area contributed by atoms with Crippen LogP contribution in [0.2, 0.25) is 0 Å². The van der Waals surface area contributed by atoms with Gasteiger partial charge in [0.25, 0.3) is 0 Å². The van der Waals surface area contributed by atoms with E-state index in [-0.39, 0.29) is 0 Å². The molecule has 0 aromatic heterocycles. The van der Waals surface area contributed by atoms with Crippen LogP contribution in [0.1, 0.15) is 51.9 Å². The van der Waals surface area contributed by atoms with Gasteiger partial charge in [0.15, 0.2) is 0 Å². The van der Waals surface area contributed by atoms with Crippen LogP contribution in [0.3, 0.4) is 0 Å². The highest BCUT2D eigenvalue weighted by atomic mass is 15.2. The predicted octanol–water partition coefficient (Wildman–Crippen LogP) is 2.64. The molecule has 16 heavy (non-hydrogen) atoms. The van der Waals surface area contributed by atoms with E-state index in [0.29, 0.717) is 0 Å². The van der Waals surface area contributed by atoms with E-state index < -0.39 is 0 Å². The van der Waals surface area contributed by atoms with E-state index in [1.807, 2.05) is 0 Å². The standard InChI is InChI=1S/C14H28N2/c1-2-3-4-5-6-10-16-11-9-15-14(12-16)13-7-8-13/h13-15H,2-12H2,1H3. The Balaban J connectivity index is 1.54. The van der Waals surface area contributed by atoms with Gasteiger partial charge in [-0.3, -0.25) is 0 Å². The van der Waals surface area contributed by atoms with Gasteiger partial charge in [0, 0.05) is 25.7 Å². The second-order valence-corrected chi connectivity index (χ2v) is 5.61. The molecule has 1 aliphatic heterocycles. The van der Waals surface area contributed by atoms with Crippen molar-refractivity contribution in [2.24, 2.45) is 5.92 Å². The summed E-state index contributed by atoms with van der Waals surface area (Å²) in [5, 5.41) is 3.68. The quantitative estimate of drug-likeness (QED) is 0.669. The summed E-state index contributed by atoms with van der Waals surface area (Å²) in [5.74, 6) is 1.02. The van der Waals surface area contributed by atoms with E-state index in [0.717, 1.165) is 12.0 Å². The maximum atomic E-state index is 3.68. The van der Waals surface area contributed by atoms with Crippen molar-refractivity contribution in [3.8, 4) is 0 Å². The topological polar surface area (TPSA) is 15.3 Å². The molecule has 1 aliphatic carbocycles.